The SMILES string of the molecule is COc1ccc(CC(=O)Nc2cc(F)ccc2NC(C)=O)cc1OC. The van der Waals surface area contributed by atoms with E-state index in [4.69, 9.17) is 9.47 Å². The summed E-state index contributed by atoms with van der Waals surface area (Å²) in [6.07, 6.45) is 0.0520. The summed E-state index contributed by atoms with van der Waals surface area (Å²) in [4.78, 5) is 23.5. The lowest BCUT2D eigenvalue weighted by Gasteiger charge is -2.12. The number of carbonyl (C=O) groups excluding carboxylic acids is 2. The molecule has 6 nitrogen and oxygen atoms in total. The number of ether oxygens (including phenoxy) is 2. The average molecular weight is 346 g/mol. The molecule has 0 unspecified atom stereocenters. The van der Waals surface area contributed by atoms with Gasteiger partial charge < -0.3 is 20.1 Å². The van der Waals surface area contributed by atoms with Crippen molar-refractivity contribution in [3.8, 4) is 11.5 Å². The predicted octanol–water partition coefficient (Wildman–Crippen LogP) is 2.98. The first kappa shape index (κ1) is 18.3. The number of amides is 2. The Kier molecular flexibility index (Phi) is 5.94. The summed E-state index contributed by atoms with van der Waals surface area (Å²) in [7, 11) is 3.03. The summed E-state index contributed by atoms with van der Waals surface area (Å²) in [5, 5.41) is 5.15. The molecule has 0 aliphatic rings. The van der Waals surface area contributed by atoms with Gasteiger partial charge in [-0.05, 0) is 35.9 Å². The highest BCUT2D eigenvalue weighted by Gasteiger charge is 2.12. The average Bonchev–Trinajstić information content (AvgIpc) is 2.56. The molecule has 0 fully saturated rings. The van der Waals surface area contributed by atoms with Crippen molar-refractivity contribution in [1.82, 2.24) is 0 Å². The summed E-state index contributed by atoms with van der Waals surface area (Å²) < 4.78 is 23.8. The highest BCUT2D eigenvalue weighted by atomic mass is 19.1. The van der Waals surface area contributed by atoms with E-state index in [1.54, 1.807) is 18.2 Å². The zero-order chi connectivity index (χ0) is 18.4. The van der Waals surface area contributed by atoms with Crippen molar-refractivity contribution in [3.05, 3.63) is 47.8 Å². The number of halogens is 1. The van der Waals surface area contributed by atoms with Gasteiger partial charge in [0.25, 0.3) is 0 Å². The van der Waals surface area contributed by atoms with Gasteiger partial charge in [-0.2, -0.15) is 0 Å². The van der Waals surface area contributed by atoms with Crippen molar-refractivity contribution < 1.29 is 23.5 Å². The van der Waals surface area contributed by atoms with E-state index in [0.29, 0.717) is 22.7 Å². The second-order valence-electron chi connectivity index (χ2n) is 5.29. The van der Waals surface area contributed by atoms with Crippen LogP contribution in [0.15, 0.2) is 36.4 Å². The fourth-order valence-corrected chi connectivity index (χ4v) is 2.29. The molecule has 0 aliphatic carbocycles. The minimum atomic E-state index is -0.518. The van der Waals surface area contributed by atoms with Gasteiger partial charge in [0.1, 0.15) is 5.82 Å². The van der Waals surface area contributed by atoms with E-state index in [1.807, 2.05) is 0 Å². The van der Waals surface area contributed by atoms with Crippen LogP contribution in [0.4, 0.5) is 15.8 Å². The van der Waals surface area contributed by atoms with E-state index in [0.717, 1.165) is 6.07 Å². The lowest BCUT2D eigenvalue weighted by atomic mass is 10.1. The zero-order valence-corrected chi connectivity index (χ0v) is 14.2. The maximum Gasteiger partial charge on any atom is 0.228 e. The number of methoxy groups -OCH3 is 2. The first-order chi connectivity index (χ1) is 11.9. The summed E-state index contributed by atoms with van der Waals surface area (Å²) in [6, 6.07) is 8.88. The van der Waals surface area contributed by atoms with Crippen LogP contribution in [0, 0.1) is 5.82 Å². The number of benzene rings is 2. The smallest absolute Gasteiger partial charge is 0.228 e. The summed E-state index contributed by atoms with van der Waals surface area (Å²) in [5.74, 6) is -0.121. The van der Waals surface area contributed by atoms with E-state index < -0.39 is 5.82 Å². The van der Waals surface area contributed by atoms with Gasteiger partial charge in [0.15, 0.2) is 11.5 Å². The Morgan fingerprint density at radius 1 is 0.960 bits per heavy atom. The molecule has 0 heterocycles. The third-order valence-electron chi connectivity index (χ3n) is 3.38. The molecule has 2 aromatic carbocycles. The molecule has 25 heavy (non-hydrogen) atoms. The van der Waals surface area contributed by atoms with Crippen molar-refractivity contribution >= 4 is 23.2 Å². The topological polar surface area (TPSA) is 76.7 Å². The fraction of sp³-hybridized carbons (Fsp3) is 0.222. The molecule has 7 heteroatoms. The minimum absolute atomic E-state index is 0.0520. The summed E-state index contributed by atoms with van der Waals surface area (Å²) in [6.45, 7) is 1.33. The summed E-state index contributed by atoms with van der Waals surface area (Å²) in [5.41, 5.74) is 1.22. The predicted molar refractivity (Wildman–Crippen MR) is 92.6 cm³/mol. The highest BCUT2D eigenvalue weighted by Crippen LogP contribution is 2.28. The van der Waals surface area contributed by atoms with Crippen LogP contribution in [0.5, 0.6) is 11.5 Å². The molecule has 0 saturated heterocycles. The van der Waals surface area contributed by atoms with Crippen LogP contribution in [-0.4, -0.2) is 26.0 Å². The van der Waals surface area contributed by atoms with Crippen molar-refractivity contribution in [2.75, 3.05) is 24.9 Å². The van der Waals surface area contributed by atoms with E-state index in [9.17, 15) is 14.0 Å². The van der Waals surface area contributed by atoms with Gasteiger partial charge in [-0.1, -0.05) is 6.07 Å². The minimum Gasteiger partial charge on any atom is -0.493 e. The van der Waals surface area contributed by atoms with Crippen molar-refractivity contribution in [2.45, 2.75) is 13.3 Å². The Bertz CT molecular complexity index is 793. The normalized spacial score (nSPS) is 10.1. The number of anilines is 2. The Hall–Kier alpha value is -3.09. The number of hydrogen-bond donors (Lipinski definition) is 2. The third kappa shape index (κ3) is 4.94. The number of nitrogens with one attached hydrogen (secondary N) is 2. The molecule has 2 rings (SSSR count). The van der Waals surface area contributed by atoms with E-state index >= 15 is 0 Å². The Labute approximate surface area is 144 Å². The van der Waals surface area contributed by atoms with Gasteiger partial charge in [-0.15, -0.1) is 0 Å². The van der Waals surface area contributed by atoms with Gasteiger partial charge in [-0.25, -0.2) is 4.39 Å². The summed E-state index contributed by atoms with van der Waals surface area (Å²) >= 11 is 0. The van der Waals surface area contributed by atoms with Gasteiger partial charge in [0.05, 0.1) is 32.0 Å². The van der Waals surface area contributed by atoms with Crippen LogP contribution < -0.4 is 20.1 Å². The molecule has 0 atom stereocenters. The fourth-order valence-electron chi connectivity index (χ4n) is 2.29. The lowest BCUT2D eigenvalue weighted by molar-refractivity contribution is -0.116. The van der Waals surface area contributed by atoms with E-state index in [-0.39, 0.29) is 23.9 Å². The molecule has 0 saturated carbocycles. The van der Waals surface area contributed by atoms with Crippen molar-refractivity contribution in [2.24, 2.45) is 0 Å². The van der Waals surface area contributed by atoms with Crippen LogP contribution in [0.2, 0.25) is 0 Å². The van der Waals surface area contributed by atoms with Crippen LogP contribution in [0.25, 0.3) is 0 Å². The molecule has 0 radical (unpaired) electrons. The van der Waals surface area contributed by atoms with Crippen LogP contribution in [0.1, 0.15) is 12.5 Å². The maximum atomic E-state index is 13.4. The van der Waals surface area contributed by atoms with Gasteiger partial charge in [0, 0.05) is 6.92 Å². The first-order valence-electron chi connectivity index (χ1n) is 7.51. The third-order valence-corrected chi connectivity index (χ3v) is 3.38. The van der Waals surface area contributed by atoms with Gasteiger partial charge in [-0.3, -0.25) is 9.59 Å². The molecule has 132 valence electrons. The molecule has 2 aromatic rings. The van der Waals surface area contributed by atoms with Crippen molar-refractivity contribution in [3.63, 3.8) is 0 Å². The molecule has 0 aliphatic heterocycles. The molecule has 0 bridgehead atoms. The van der Waals surface area contributed by atoms with Crippen LogP contribution in [0.3, 0.4) is 0 Å². The monoisotopic (exact) mass is 346 g/mol. The number of carbonyl (C=O) groups is 2. The molecular formula is C18H19FN2O4. The van der Waals surface area contributed by atoms with Crippen molar-refractivity contribution in [1.29, 1.82) is 0 Å². The van der Waals surface area contributed by atoms with Gasteiger partial charge >= 0.3 is 0 Å². The largest absolute Gasteiger partial charge is 0.493 e. The highest BCUT2D eigenvalue weighted by molar-refractivity contribution is 5.99. The number of hydrogen-bond acceptors (Lipinski definition) is 4. The van der Waals surface area contributed by atoms with Crippen LogP contribution >= 0.6 is 0 Å². The Morgan fingerprint density at radius 3 is 2.32 bits per heavy atom. The molecule has 2 amide bonds. The van der Waals surface area contributed by atoms with Crippen LogP contribution in [-0.2, 0) is 16.0 Å². The molecule has 0 aromatic heterocycles. The lowest BCUT2D eigenvalue weighted by Crippen LogP contribution is -2.17. The second kappa shape index (κ2) is 8.14. The Morgan fingerprint density at radius 2 is 1.68 bits per heavy atom. The standard InChI is InChI=1S/C18H19FN2O4/c1-11(22)20-14-6-5-13(19)10-15(14)21-18(23)9-12-4-7-16(24-2)17(8-12)25-3/h4-8,10H,9H2,1-3H3,(H,20,22)(H,21,23). The molecular weight excluding hydrogens is 327 g/mol. The molecule has 2 N–H and O–H groups in total. The van der Waals surface area contributed by atoms with Gasteiger partial charge in [0.2, 0.25) is 11.8 Å². The maximum absolute atomic E-state index is 13.4. The second-order valence-corrected chi connectivity index (χ2v) is 5.29. The number of rotatable bonds is 6. The first-order valence-corrected chi connectivity index (χ1v) is 7.51. The Balaban J connectivity index is 2.15. The molecule has 0 spiro atoms. The zero-order valence-electron chi connectivity index (χ0n) is 14.2. The quantitative estimate of drug-likeness (QED) is 0.843. The van der Waals surface area contributed by atoms with E-state index in [2.05, 4.69) is 10.6 Å². The van der Waals surface area contributed by atoms with E-state index in [1.165, 1.54) is 33.3 Å².